The zero-order valence-corrected chi connectivity index (χ0v) is 10.5. The van der Waals surface area contributed by atoms with E-state index in [2.05, 4.69) is 5.32 Å². The number of halogens is 2. The van der Waals surface area contributed by atoms with Crippen LogP contribution in [0.1, 0.15) is 30.6 Å². The average molecular weight is 256 g/mol. The molecule has 0 spiro atoms. The smallest absolute Gasteiger partial charge is 0.254 e. The molecule has 1 aromatic carbocycles. The minimum Gasteiger partial charge on any atom is -0.350 e. The van der Waals surface area contributed by atoms with Crippen LogP contribution in [0.4, 0.5) is 8.78 Å². The van der Waals surface area contributed by atoms with E-state index in [0.717, 1.165) is 24.6 Å². The molecule has 0 radical (unpaired) electrons. The van der Waals surface area contributed by atoms with Crippen molar-refractivity contribution in [1.82, 2.24) is 5.32 Å². The number of carbonyl (C=O) groups is 1. The first-order valence-electron chi connectivity index (χ1n) is 5.89. The van der Waals surface area contributed by atoms with Crippen LogP contribution in [-0.4, -0.2) is 18.5 Å². The number of hydrogen-bond donors (Lipinski definition) is 2. The van der Waals surface area contributed by atoms with Crippen LogP contribution in [0.2, 0.25) is 0 Å². The second-order valence-electron chi connectivity index (χ2n) is 4.72. The molecule has 1 rings (SSSR count). The molecule has 5 heteroatoms. The Bertz CT molecular complexity index is 421. The summed E-state index contributed by atoms with van der Waals surface area (Å²) in [6.45, 7) is 4.29. The topological polar surface area (TPSA) is 55.1 Å². The molecule has 0 saturated carbocycles. The first kappa shape index (κ1) is 14.6. The summed E-state index contributed by atoms with van der Waals surface area (Å²) in [5.41, 5.74) is 5.49. The van der Waals surface area contributed by atoms with Gasteiger partial charge in [-0.1, -0.05) is 13.8 Å². The molecule has 0 heterocycles. The fourth-order valence-electron chi connectivity index (χ4n) is 1.68. The SMILES string of the molecule is CC(C)CC(N)CNC(=O)c1cc(F)ccc1F. The van der Waals surface area contributed by atoms with Crippen molar-refractivity contribution < 1.29 is 13.6 Å². The molecule has 3 nitrogen and oxygen atoms in total. The molecule has 0 aliphatic rings. The fraction of sp³-hybridized carbons (Fsp3) is 0.462. The molecule has 0 aliphatic heterocycles. The highest BCUT2D eigenvalue weighted by molar-refractivity contribution is 5.94. The largest absolute Gasteiger partial charge is 0.350 e. The molecular weight excluding hydrogens is 238 g/mol. The molecule has 0 fully saturated rings. The minimum atomic E-state index is -0.744. The first-order valence-corrected chi connectivity index (χ1v) is 5.89. The Kier molecular flexibility index (Phi) is 5.22. The van der Waals surface area contributed by atoms with Crippen LogP contribution in [0.3, 0.4) is 0 Å². The molecule has 3 N–H and O–H groups in total. The standard InChI is InChI=1S/C13H18F2N2O/c1-8(2)5-10(16)7-17-13(18)11-6-9(14)3-4-12(11)15/h3-4,6,8,10H,5,7,16H2,1-2H3,(H,17,18). The summed E-state index contributed by atoms with van der Waals surface area (Å²) in [6.07, 6.45) is 0.756. The lowest BCUT2D eigenvalue weighted by molar-refractivity contribution is 0.0945. The quantitative estimate of drug-likeness (QED) is 0.847. The second kappa shape index (κ2) is 6.44. The molecule has 0 aliphatic carbocycles. The summed E-state index contributed by atoms with van der Waals surface area (Å²) in [5, 5.41) is 2.50. The van der Waals surface area contributed by atoms with Crippen molar-refractivity contribution in [3.63, 3.8) is 0 Å². The minimum absolute atomic E-state index is 0.189. The maximum Gasteiger partial charge on any atom is 0.254 e. The van der Waals surface area contributed by atoms with E-state index in [-0.39, 0.29) is 18.2 Å². The zero-order valence-electron chi connectivity index (χ0n) is 10.5. The number of nitrogens with two attached hydrogens (primary N) is 1. The van der Waals surface area contributed by atoms with Crippen molar-refractivity contribution in [1.29, 1.82) is 0 Å². The van der Waals surface area contributed by atoms with Gasteiger partial charge in [-0.3, -0.25) is 4.79 Å². The molecule has 1 atom stereocenters. The van der Waals surface area contributed by atoms with Gasteiger partial charge in [0.25, 0.3) is 5.91 Å². The Morgan fingerprint density at radius 1 is 1.39 bits per heavy atom. The number of benzene rings is 1. The van der Waals surface area contributed by atoms with E-state index in [1.165, 1.54) is 0 Å². The number of nitrogens with one attached hydrogen (secondary N) is 1. The summed E-state index contributed by atoms with van der Waals surface area (Å²) in [4.78, 5) is 11.6. The Balaban J connectivity index is 2.58. The number of hydrogen-bond acceptors (Lipinski definition) is 2. The molecule has 1 aromatic rings. The van der Waals surface area contributed by atoms with Crippen LogP contribution in [0.25, 0.3) is 0 Å². The number of carbonyl (C=O) groups excluding carboxylic acids is 1. The van der Waals surface area contributed by atoms with E-state index in [0.29, 0.717) is 5.92 Å². The third-order valence-electron chi connectivity index (χ3n) is 2.47. The molecule has 1 unspecified atom stereocenters. The van der Waals surface area contributed by atoms with Crippen molar-refractivity contribution in [2.24, 2.45) is 11.7 Å². The summed E-state index contributed by atoms with van der Waals surface area (Å²) >= 11 is 0. The summed E-state index contributed by atoms with van der Waals surface area (Å²) in [5.74, 6) is -1.62. The lowest BCUT2D eigenvalue weighted by Gasteiger charge is -2.15. The monoisotopic (exact) mass is 256 g/mol. The Morgan fingerprint density at radius 2 is 2.06 bits per heavy atom. The molecule has 0 saturated heterocycles. The van der Waals surface area contributed by atoms with Gasteiger partial charge in [-0.05, 0) is 30.5 Å². The summed E-state index contributed by atoms with van der Waals surface area (Å²) < 4.78 is 26.2. The lowest BCUT2D eigenvalue weighted by atomic mass is 10.0. The van der Waals surface area contributed by atoms with Crippen LogP contribution in [0, 0.1) is 17.6 Å². The lowest BCUT2D eigenvalue weighted by Crippen LogP contribution is -2.38. The van der Waals surface area contributed by atoms with Gasteiger partial charge in [-0.25, -0.2) is 8.78 Å². The first-order chi connectivity index (χ1) is 8.40. The van der Waals surface area contributed by atoms with E-state index in [9.17, 15) is 13.6 Å². The summed E-state index contributed by atoms with van der Waals surface area (Å²) in [7, 11) is 0. The summed E-state index contributed by atoms with van der Waals surface area (Å²) in [6, 6.07) is 2.58. The van der Waals surface area contributed by atoms with Gasteiger partial charge in [0.2, 0.25) is 0 Å². The highest BCUT2D eigenvalue weighted by Crippen LogP contribution is 2.09. The average Bonchev–Trinajstić information content (AvgIpc) is 2.28. The maximum atomic E-state index is 13.3. The van der Waals surface area contributed by atoms with Crippen molar-refractivity contribution in [2.45, 2.75) is 26.3 Å². The Hall–Kier alpha value is -1.49. The highest BCUT2D eigenvalue weighted by Gasteiger charge is 2.14. The highest BCUT2D eigenvalue weighted by atomic mass is 19.1. The van der Waals surface area contributed by atoms with Crippen molar-refractivity contribution in [3.8, 4) is 0 Å². The van der Waals surface area contributed by atoms with Gasteiger partial charge in [0.15, 0.2) is 0 Å². The molecule has 0 aromatic heterocycles. The van der Waals surface area contributed by atoms with Crippen LogP contribution in [-0.2, 0) is 0 Å². The van der Waals surface area contributed by atoms with E-state index < -0.39 is 17.5 Å². The van der Waals surface area contributed by atoms with Crippen molar-refractivity contribution in [3.05, 3.63) is 35.4 Å². The van der Waals surface area contributed by atoms with Crippen molar-refractivity contribution in [2.75, 3.05) is 6.54 Å². The van der Waals surface area contributed by atoms with Crippen LogP contribution < -0.4 is 11.1 Å². The molecule has 1 amide bonds. The van der Waals surface area contributed by atoms with E-state index in [1.807, 2.05) is 13.8 Å². The fourth-order valence-corrected chi connectivity index (χ4v) is 1.68. The van der Waals surface area contributed by atoms with Gasteiger partial charge < -0.3 is 11.1 Å². The van der Waals surface area contributed by atoms with Gasteiger partial charge in [0, 0.05) is 12.6 Å². The third kappa shape index (κ3) is 4.41. The van der Waals surface area contributed by atoms with E-state index in [1.54, 1.807) is 0 Å². The van der Waals surface area contributed by atoms with E-state index >= 15 is 0 Å². The van der Waals surface area contributed by atoms with Gasteiger partial charge in [-0.15, -0.1) is 0 Å². The molecule has 0 bridgehead atoms. The second-order valence-corrected chi connectivity index (χ2v) is 4.72. The van der Waals surface area contributed by atoms with Crippen LogP contribution in [0.5, 0.6) is 0 Å². The van der Waals surface area contributed by atoms with Gasteiger partial charge in [-0.2, -0.15) is 0 Å². The third-order valence-corrected chi connectivity index (χ3v) is 2.47. The van der Waals surface area contributed by atoms with E-state index in [4.69, 9.17) is 5.73 Å². The molecule has 18 heavy (non-hydrogen) atoms. The van der Waals surface area contributed by atoms with Gasteiger partial charge in [0.1, 0.15) is 11.6 Å². The Labute approximate surface area is 105 Å². The Morgan fingerprint density at radius 3 is 2.67 bits per heavy atom. The normalized spacial score (nSPS) is 12.6. The zero-order chi connectivity index (χ0) is 13.7. The number of amides is 1. The van der Waals surface area contributed by atoms with Crippen LogP contribution >= 0.6 is 0 Å². The van der Waals surface area contributed by atoms with Gasteiger partial charge >= 0.3 is 0 Å². The predicted octanol–water partition coefficient (Wildman–Crippen LogP) is 2.07. The number of rotatable bonds is 5. The van der Waals surface area contributed by atoms with Gasteiger partial charge in [0.05, 0.1) is 5.56 Å². The molecule has 100 valence electrons. The van der Waals surface area contributed by atoms with Crippen LogP contribution in [0.15, 0.2) is 18.2 Å². The maximum absolute atomic E-state index is 13.3. The van der Waals surface area contributed by atoms with Crippen molar-refractivity contribution >= 4 is 5.91 Å². The molecular formula is C13H18F2N2O. The predicted molar refractivity (Wildman–Crippen MR) is 66.1 cm³/mol.